The summed E-state index contributed by atoms with van der Waals surface area (Å²) < 4.78 is 5.25. The molecule has 3 atom stereocenters. The quantitative estimate of drug-likeness (QED) is 0.800. The molecule has 0 aromatic carbocycles. The fourth-order valence-electron chi connectivity index (χ4n) is 3.02. The third-order valence-corrected chi connectivity index (χ3v) is 4.31. The van der Waals surface area contributed by atoms with Crippen LogP contribution in [0.25, 0.3) is 0 Å². The number of carbonyl (C=O) groups is 2. The second-order valence-electron chi connectivity index (χ2n) is 6.01. The van der Waals surface area contributed by atoms with E-state index in [1.165, 1.54) is 0 Å². The van der Waals surface area contributed by atoms with Crippen molar-refractivity contribution < 1.29 is 19.4 Å². The van der Waals surface area contributed by atoms with E-state index in [1.54, 1.807) is 12.0 Å². The predicted octanol–water partition coefficient (Wildman–Crippen LogP) is 1.06. The van der Waals surface area contributed by atoms with Gasteiger partial charge in [-0.3, -0.25) is 4.79 Å². The zero-order valence-corrected chi connectivity index (χ0v) is 11.7. The highest BCUT2D eigenvalue weighted by atomic mass is 16.5. The van der Waals surface area contributed by atoms with Crippen LogP contribution in [-0.2, 0) is 9.53 Å². The van der Waals surface area contributed by atoms with Crippen LogP contribution >= 0.6 is 0 Å². The van der Waals surface area contributed by atoms with Gasteiger partial charge in [-0.15, -0.1) is 0 Å². The van der Waals surface area contributed by atoms with E-state index in [9.17, 15) is 9.59 Å². The number of nitrogens with zero attached hydrogens (tertiary/aromatic N) is 1. The van der Waals surface area contributed by atoms with Crippen LogP contribution in [0.5, 0.6) is 0 Å². The maximum Gasteiger partial charge on any atom is 0.318 e. The number of carbonyl (C=O) groups excluding carboxylic acids is 1. The van der Waals surface area contributed by atoms with Crippen LogP contribution in [-0.4, -0.2) is 53.3 Å². The standard InChI is InChI=1S/C13H22N2O4/c1-13(2,19-3)7-14-12(18)15-8-4-5-10(15)9(6-8)11(16)17/h8-10H,4-7H2,1-3H3,(H,14,18)(H,16,17). The van der Waals surface area contributed by atoms with Crippen molar-refractivity contribution in [1.82, 2.24) is 10.2 Å². The van der Waals surface area contributed by atoms with E-state index < -0.39 is 17.5 Å². The predicted molar refractivity (Wildman–Crippen MR) is 68.9 cm³/mol. The van der Waals surface area contributed by atoms with Gasteiger partial charge in [-0.25, -0.2) is 4.79 Å². The molecule has 2 bridgehead atoms. The van der Waals surface area contributed by atoms with Gasteiger partial charge in [-0.1, -0.05) is 0 Å². The van der Waals surface area contributed by atoms with Gasteiger partial charge in [0, 0.05) is 25.7 Å². The average molecular weight is 270 g/mol. The van der Waals surface area contributed by atoms with Crippen LogP contribution in [0.15, 0.2) is 0 Å². The molecule has 0 saturated carbocycles. The lowest BCUT2D eigenvalue weighted by Gasteiger charge is -2.27. The van der Waals surface area contributed by atoms with Gasteiger partial charge in [0.1, 0.15) is 0 Å². The monoisotopic (exact) mass is 270 g/mol. The number of methoxy groups -OCH3 is 1. The Balaban J connectivity index is 1.96. The van der Waals surface area contributed by atoms with E-state index in [2.05, 4.69) is 5.32 Å². The number of urea groups is 1. The Morgan fingerprint density at radius 3 is 2.63 bits per heavy atom. The maximum atomic E-state index is 12.2. The minimum absolute atomic E-state index is 0.0803. The number of carboxylic acid groups (broad SMARTS) is 1. The lowest BCUT2D eigenvalue weighted by Crippen LogP contribution is -2.48. The molecule has 2 fully saturated rings. The van der Waals surface area contributed by atoms with Gasteiger partial charge in [-0.2, -0.15) is 0 Å². The molecule has 19 heavy (non-hydrogen) atoms. The summed E-state index contributed by atoms with van der Waals surface area (Å²) in [6, 6.07) is -0.230. The van der Waals surface area contributed by atoms with E-state index in [1.807, 2.05) is 13.8 Å². The van der Waals surface area contributed by atoms with Crippen molar-refractivity contribution in [3.63, 3.8) is 0 Å². The molecular formula is C13H22N2O4. The number of carboxylic acids is 1. The number of rotatable bonds is 4. The minimum Gasteiger partial charge on any atom is -0.481 e. The molecule has 0 aromatic heterocycles. The van der Waals surface area contributed by atoms with Crippen LogP contribution in [0.1, 0.15) is 33.1 Å². The maximum absolute atomic E-state index is 12.2. The molecule has 3 unspecified atom stereocenters. The molecule has 0 radical (unpaired) electrons. The van der Waals surface area contributed by atoms with Crippen LogP contribution in [0.4, 0.5) is 4.79 Å². The Labute approximate surface area is 113 Å². The normalized spacial score (nSPS) is 29.6. The van der Waals surface area contributed by atoms with Gasteiger partial charge in [0.25, 0.3) is 0 Å². The van der Waals surface area contributed by atoms with Gasteiger partial charge in [0.15, 0.2) is 0 Å². The second kappa shape index (κ2) is 5.00. The lowest BCUT2D eigenvalue weighted by atomic mass is 9.89. The molecule has 6 nitrogen and oxygen atoms in total. The first-order chi connectivity index (χ1) is 8.85. The molecule has 2 amide bonds. The van der Waals surface area contributed by atoms with Crippen LogP contribution < -0.4 is 5.32 Å². The molecule has 2 aliphatic heterocycles. The van der Waals surface area contributed by atoms with Gasteiger partial charge >= 0.3 is 12.0 Å². The summed E-state index contributed by atoms with van der Waals surface area (Å²) in [5.74, 6) is -1.19. The number of ether oxygens (including phenoxy) is 1. The summed E-state index contributed by atoms with van der Waals surface area (Å²) in [6.45, 7) is 4.20. The van der Waals surface area contributed by atoms with Crippen molar-refractivity contribution in [2.24, 2.45) is 5.92 Å². The number of fused-ring (bicyclic) bond motifs is 2. The molecule has 2 rings (SSSR count). The van der Waals surface area contributed by atoms with Crippen molar-refractivity contribution in [2.75, 3.05) is 13.7 Å². The highest BCUT2D eigenvalue weighted by Gasteiger charge is 2.51. The Kier molecular flexibility index (Phi) is 3.71. The smallest absolute Gasteiger partial charge is 0.318 e. The summed E-state index contributed by atoms with van der Waals surface area (Å²) in [6.07, 6.45) is 2.29. The highest BCUT2D eigenvalue weighted by molar-refractivity contribution is 5.79. The van der Waals surface area contributed by atoms with Crippen molar-refractivity contribution in [3.05, 3.63) is 0 Å². The first-order valence-electron chi connectivity index (χ1n) is 6.70. The SMILES string of the molecule is COC(C)(C)CNC(=O)N1C2CCC1C(C(=O)O)C2. The average Bonchev–Trinajstić information content (AvgIpc) is 2.93. The van der Waals surface area contributed by atoms with E-state index in [4.69, 9.17) is 9.84 Å². The lowest BCUT2D eigenvalue weighted by molar-refractivity contribution is -0.142. The fraction of sp³-hybridized carbons (Fsp3) is 0.846. The zero-order chi connectivity index (χ0) is 14.2. The van der Waals surface area contributed by atoms with Crippen molar-refractivity contribution in [2.45, 2.75) is 50.8 Å². The number of aliphatic carboxylic acids is 1. The number of nitrogens with one attached hydrogen (secondary N) is 1. The third-order valence-electron chi connectivity index (χ3n) is 4.31. The molecule has 2 N–H and O–H groups in total. The second-order valence-corrected chi connectivity index (χ2v) is 6.01. The largest absolute Gasteiger partial charge is 0.481 e. The topological polar surface area (TPSA) is 78.9 Å². The number of hydrogen-bond acceptors (Lipinski definition) is 3. The Hall–Kier alpha value is -1.30. The van der Waals surface area contributed by atoms with Gasteiger partial charge in [0.05, 0.1) is 11.5 Å². The fourth-order valence-corrected chi connectivity index (χ4v) is 3.02. The highest BCUT2D eigenvalue weighted by Crippen LogP contribution is 2.41. The molecule has 108 valence electrons. The van der Waals surface area contributed by atoms with Crippen molar-refractivity contribution in [1.29, 1.82) is 0 Å². The van der Waals surface area contributed by atoms with Gasteiger partial charge in [0.2, 0.25) is 0 Å². The Morgan fingerprint density at radius 2 is 2.11 bits per heavy atom. The Bertz CT molecular complexity index is 383. The van der Waals surface area contributed by atoms with Crippen molar-refractivity contribution in [3.8, 4) is 0 Å². The first-order valence-corrected chi connectivity index (χ1v) is 6.70. The first kappa shape index (κ1) is 14.1. The summed E-state index contributed by atoms with van der Waals surface area (Å²) in [7, 11) is 1.60. The van der Waals surface area contributed by atoms with E-state index in [0.29, 0.717) is 13.0 Å². The van der Waals surface area contributed by atoms with Crippen LogP contribution in [0.2, 0.25) is 0 Å². The van der Waals surface area contributed by atoms with Crippen LogP contribution in [0, 0.1) is 5.92 Å². The molecule has 2 heterocycles. The van der Waals surface area contributed by atoms with E-state index in [0.717, 1.165) is 12.8 Å². The minimum atomic E-state index is -0.790. The zero-order valence-electron chi connectivity index (χ0n) is 11.7. The molecule has 0 aliphatic carbocycles. The third kappa shape index (κ3) is 2.68. The van der Waals surface area contributed by atoms with Gasteiger partial charge < -0.3 is 20.1 Å². The van der Waals surface area contributed by atoms with Crippen molar-refractivity contribution >= 4 is 12.0 Å². The van der Waals surface area contributed by atoms with Gasteiger partial charge in [-0.05, 0) is 33.1 Å². The summed E-state index contributed by atoms with van der Waals surface area (Å²) in [5, 5.41) is 12.0. The molecular weight excluding hydrogens is 248 g/mol. The van der Waals surface area contributed by atoms with E-state index in [-0.39, 0.29) is 18.1 Å². The Morgan fingerprint density at radius 1 is 1.42 bits per heavy atom. The summed E-state index contributed by atoms with van der Waals surface area (Å²) in [4.78, 5) is 25.1. The molecule has 0 spiro atoms. The van der Waals surface area contributed by atoms with Crippen LogP contribution in [0.3, 0.4) is 0 Å². The molecule has 0 aromatic rings. The molecule has 6 heteroatoms. The summed E-state index contributed by atoms with van der Waals surface area (Å²) in [5.41, 5.74) is -0.416. The number of amides is 2. The molecule has 2 saturated heterocycles. The summed E-state index contributed by atoms with van der Waals surface area (Å²) >= 11 is 0. The number of hydrogen-bond donors (Lipinski definition) is 2. The van der Waals surface area contributed by atoms with E-state index >= 15 is 0 Å². The molecule has 2 aliphatic rings.